The Labute approximate surface area is 126 Å². The summed E-state index contributed by atoms with van der Waals surface area (Å²) in [4.78, 5) is 0. The van der Waals surface area contributed by atoms with Crippen molar-refractivity contribution in [3.05, 3.63) is 68.8 Å². The summed E-state index contributed by atoms with van der Waals surface area (Å²) in [5.41, 5.74) is 12.2. The molecule has 2 aromatic rings. The van der Waals surface area contributed by atoms with E-state index in [1.807, 2.05) is 0 Å². The van der Waals surface area contributed by atoms with E-state index in [1.54, 1.807) is 11.1 Å². The highest BCUT2D eigenvalue weighted by molar-refractivity contribution is 6.15. The minimum atomic E-state index is 0.594. The molecule has 0 amide bonds. The van der Waals surface area contributed by atoms with Crippen molar-refractivity contribution >= 4 is 10.2 Å². The van der Waals surface area contributed by atoms with Crippen LogP contribution in [0.5, 0.6) is 0 Å². The number of rotatable bonds is 2. The zero-order chi connectivity index (χ0) is 15.0. The first-order chi connectivity index (χ1) is 9.31. The minimum Gasteiger partial charge on any atom is -0.0561 e. The molecule has 2 aromatic carbocycles. The van der Waals surface area contributed by atoms with Crippen molar-refractivity contribution in [1.82, 2.24) is 0 Å². The Kier molecular flexibility index (Phi) is 4.19. The summed E-state index contributed by atoms with van der Waals surface area (Å²) in [6.07, 6.45) is 0. The summed E-state index contributed by atoms with van der Waals surface area (Å²) in [7, 11) is 1.15. The number of hydrogen-bond donors (Lipinski definition) is 0. The Hall–Kier alpha value is -1.34. The van der Waals surface area contributed by atoms with Crippen LogP contribution in [-0.2, 0) is 0 Å². The lowest BCUT2D eigenvalue weighted by molar-refractivity contribution is 1.03. The molecule has 2 rings (SSSR count). The van der Waals surface area contributed by atoms with E-state index in [9.17, 15) is 0 Å². The molecule has 0 aromatic heterocycles. The van der Waals surface area contributed by atoms with Gasteiger partial charge in [0.05, 0.1) is 0 Å². The van der Waals surface area contributed by atoms with Gasteiger partial charge in [0, 0.05) is 10.2 Å². The quantitative estimate of drug-likeness (QED) is 0.731. The van der Waals surface area contributed by atoms with Crippen LogP contribution in [0, 0.1) is 41.5 Å². The Morgan fingerprint density at radius 1 is 0.600 bits per heavy atom. The van der Waals surface area contributed by atoms with E-state index in [1.165, 1.54) is 33.4 Å². The second-order valence-corrected chi connectivity index (χ2v) is 7.50. The minimum absolute atomic E-state index is 0.594. The van der Waals surface area contributed by atoms with Gasteiger partial charge >= 0.3 is 0 Å². The molecule has 0 heterocycles. The van der Waals surface area contributed by atoms with Crippen LogP contribution in [0.15, 0.2) is 24.3 Å². The molecule has 0 N–H and O–H groups in total. The fraction of sp³-hybridized carbons (Fsp3) is 0.368. The van der Waals surface area contributed by atoms with Gasteiger partial charge < -0.3 is 0 Å². The van der Waals surface area contributed by atoms with Crippen molar-refractivity contribution in [2.45, 2.75) is 47.1 Å². The van der Waals surface area contributed by atoms with E-state index >= 15 is 0 Å². The predicted octanol–water partition coefficient (Wildman–Crippen LogP) is 3.99. The molecule has 0 aliphatic rings. The topological polar surface area (TPSA) is 0 Å². The smallest absolute Gasteiger partial charge is 0.0179 e. The van der Waals surface area contributed by atoms with E-state index < -0.39 is 0 Å². The Balaban J connectivity index is 2.61. The largest absolute Gasteiger partial charge is 0.0561 e. The summed E-state index contributed by atoms with van der Waals surface area (Å²) in [5.74, 6) is 0. The maximum Gasteiger partial charge on any atom is 0.0179 e. The van der Waals surface area contributed by atoms with Gasteiger partial charge in [0.25, 0.3) is 0 Å². The number of benzene rings is 2. The highest BCUT2D eigenvalue weighted by Crippen LogP contribution is 2.32. The van der Waals surface area contributed by atoms with Gasteiger partial charge in [-0.25, -0.2) is 0 Å². The van der Waals surface area contributed by atoms with Gasteiger partial charge in [-0.2, -0.15) is 0 Å². The lowest BCUT2D eigenvalue weighted by atomic mass is 9.89. The van der Waals surface area contributed by atoms with Gasteiger partial charge in [-0.15, -0.1) is 0 Å². The van der Waals surface area contributed by atoms with Crippen molar-refractivity contribution in [3.8, 4) is 0 Å². The summed E-state index contributed by atoms with van der Waals surface area (Å²) in [6, 6.07) is 9.30. The first kappa shape index (κ1) is 15.1. The maximum atomic E-state index is 2.33. The molecular formula is C19H26Si. The average Bonchev–Trinajstić information content (AvgIpc) is 2.25. The summed E-state index contributed by atoms with van der Waals surface area (Å²) < 4.78 is 0. The van der Waals surface area contributed by atoms with E-state index in [0.717, 1.165) is 10.2 Å². The Morgan fingerprint density at radius 3 is 1.10 bits per heavy atom. The molecule has 0 bridgehead atoms. The van der Waals surface area contributed by atoms with Gasteiger partial charge in [-0.05, 0) is 80.5 Å². The van der Waals surface area contributed by atoms with Gasteiger partial charge in [0.15, 0.2) is 0 Å². The third kappa shape index (κ3) is 2.73. The van der Waals surface area contributed by atoms with Crippen LogP contribution in [0.1, 0.15) is 50.0 Å². The van der Waals surface area contributed by atoms with Crippen LogP contribution in [-0.4, -0.2) is 10.2 Å². The lowest BCUT2D eigenvalue weighted by Crippen LogP contribution is -2.09. The monoisotopic (exact) mass is 282 g/mol. The molecule has 0 saturated heterocycles. The third-order valence-electron chi connectivity index (χ3n) is 4.34. The molecule has 0 unspecified atom stereocenters. The summed E-state index contributed by atoms with van der Waals surface area (Å²) in [6.45, 7) is 13.4. The van der Waals surface area contributed by atoms with Gasteiger partial charge in [-0.1, -0.05) is 35.4 Å². The fourth-order valence-electron chi connectivity index (χ4n) is 3.89. The van der Waals surface area contributed by atoms with Gasteiger partial charge in [-0.3, -0.25) is 0 Å². The second kappa shape index (κ2) is 5.57. The van der Waals surface area contributed by atoms with Crippen molar-refractivity contribution in [2.75, 3.05) is 0 Å². The van der Waals surface area contributed by atoms with Gasteiger partial charge in [0.2, 0.25) is 0 Å². The first-order valence-electron chi connectivity index (χ1n) is 7.46. The van der Waals surface area contributed by atoms with Crippen molar-refractivity contribution in [3.63, 3.8) is 0 Å². The molecule has 0 saturated carbocycles. The maximum absolute atomic E-state index is 2.33. The van der Waals surface area contributed by atoms with E-state index in [0.29, 0.717) is 5.54 Å². The Bertz CT molecular complexity index is 549. The zero-order valence-electron chi connectivity index (χ0n) is 13.9. The van der Waals surface area contributed by atoms with Crippen LogP contribution < -0.4 is 0 Å². The molecule has 0 radical (unpaired) electrons. The van der Waals surface area contributed by atoms with Crippen molar-refractivity contribution in [2.24, 2.45) is 0 Å². The van der Waals surface area contributed by atoms with Crippen LogP contribution in [0.4, 0.5) is 0 Å². The predicted molar refractivity (Wildman–Crippen MR) is 93.1 cm³/mol. The third-order valence-corrected chi connectivity index (χ3v) is 5.50. The number of hydrogen-bond acceptors (Lipinski definition) is 0. The summed E-state index contributed by atoms with van der Waals surface area (Å²) >= 11 is 0. The first-order valence-corrected chi connectivity index (χ1v) is 8.62. The average molecular weight is 283 g/mol. The lowest BCUT2D eigenvalue weighted by Gasteiger charge is -2.23. The molecule has 20 heavy (non-hydrogen) atoms. The van der Waals surface area contributed by atoms with Crippen molar-refractivity contribution < 1.29 is 0 Å². The van der Waals surface area contributed by atoms with Crippen LogP contribution in [0.25, 0.3) is 0 Å². The van der Waals surface area contributed by atoms with Gasteiger partial charge in [0.1, 0.15) is 0 Å². The highest BCUT2D eigenvalue weighted by Gasteiger charge is 2.17. The molecule has 0 spiro atoms. The molecule has 0 aliphatic carbocycles. The van der Waals surface area contributed by atoms with E-state index in [2.05, 4.69) is 65.8 Å². The second-order valence-electron chi connectivity index (χ2n) is 6.35. The Morgan fingerprint density at radius 2 is 0.850 bits per heavy atom. The normalized spacial score (nSPS) is 11.3. The zero-order valence-corrected chi connectivity index (χ0v) is 15.9. The molecule has 106 valence electrons. The number of aryl methyl sites for hydroxylation is 6. The SMILES string of the molecule is Cc1cc(C)c(C([SiH3])c2c(C)cc(C)cc2C)c(C)c1. The molecule has 0 atom stereocenters. The molecule has 1 heteroatoms. The van der Waals surface area contributed by atoms with Crippen molar-refractivity contribution in [1.29, 1.82) is 0 Å². The fourth-order valence-corrected chi connectivity index (χ4v) is 5.71. The van der Waals surface area contributed by atoms with Crippen LogP contribution >= 0.6 is 0 Å². The van der Waals surface area contributed by atoms with E-state index in [-0.39, 0.29) is 0 Å². The standard InChI is InChI=1S/C19H26Si/c1-11-7-13(3)17(14(4)8-11)19(20)18-15(5)9-12(2)10-16(18)6/h7-10,19H,1-6,20H3. The van der Waals surface area contributed by atoms with Crippen LogP contribution in [0.2, 0.25) is 0 Å². The molecular weight excluding hydrogens is 256 g/mol. The molecule has 0 nitrogen and oxygen atoms in total. The van der Waals surface area contributed by atoms with Crippen LogP contribution in [0.3, 0.4) is 0 Å². The van der Waals surface area contributed by atoms with E-state index in [4.69, 9.17) is 0 Å². The summed E-state index contributed by atoms with van der Waals surface area (Å²) in [5, 5.41) is 0. The highest BCUT2D eigenvalue weighted by atomic mass is 28.1. The molecule has 0 fully saturated rings. The molecule has 0 aliphatic heterocycles.